The van der Waals surface area contributed by atoms with Gasteiger partial charge >= 0.3 is 0 Å². The fourth-order valence-corrected chi connectivity index (χ4v) is 1.22. The third kappa shape index (κ3) is 2.52. The number of tetrazole rings is 1. The van der Waals surface area contributed by atoms with Gasteiger partial charge in [0.1, 0.15) is 0 Å². The third-order valence-corrected chi connectivity index (χ3v) is 2.03. The zero-order valence-corrected chi connectivity index (χ0v) is 8.59. The minimum absolute atomic E-state index is 0.570. The van der Waals surface area contributed by atoms with E-state index in [4.69, 9.17) is 0 Å². The lowest BCUT2D eigenvalue weighted by Gasteiger charge is -2.00. The molecule has 0 fully saturated rings. The van der Waals surface area contributed by atoms with Gasteiger partial charge in [-0.15, -0.1) is 5.10 Å². The van der Waals surface area contributed by atoms with Crippen molar-refractivity contribution >= 4 is 5.95 Å². The van der Waals surface area contributed by atoms with Crippen molar-refractivity contribution in [2.45, 2.75) is 20.0 Å². The number of rotatable bonds is 4. The molecule has 0 bridgehead atoms. The van der Waals surface area contributed by atoms with Crippen molar-refractivity contribution in [3.63, 3.8) is 0 Å². The maximum atomic E-state index is 4.13. The van der Waals surface area contributed by atoms with Crippen molar-refractivity contribution in [3.8, 4) is 0 Å². The van der Waals surface area contributed by atoms with Crippen LogP contribution in [0.1, 0.15) is 12.5 Å². The maximum Gasteiger partial charge on any atom is 0.263 e. The van der Waals surface area contributed by atoms with Crippen molar-refractivity contribution in [2.24, 2.45) is 0 Å². The van der Waals surface area contributed by atoms with Gasteiger partial charge in [0.05, 0.1) is 6.54 Å². The molecule has 5 nitrogen and oxygen atoms in total. The molecule has 0 aliphatic heterocycles. The predicted octanol–water partition coefficient (Wildman–Crippen LogP) is 1.31. The van der Waals surface area contributed by atoms with Crippen LogP contribution in [0.5, 0.6) is 0 Å². The highest BCUT2D eigenvalue weighted by Gasteiger charge is 1.99. The maximum absolute atomic E-state index is 4.13. The quantitative estimate of drug-likeness (QED) is 0.813. The Morgan fingerprint density at radius 2 is 2.07 bits per heavy atom. The Morgan fingerprint density at radius 1 is 1.27 bits per heavy atom. The van der Waals surface area contributed by atoms with Gasteiger partial charge in [-0.1, -0.05) is 35.4 Å². The zero-order chi connectivity index (χ0) is 10.5. The normalized spacial score (nSPS) is 10.2. The Labute approximate surface area is 88.1 Å². The van der Waals surface area contributed by atoms with Crippen LogP contribution in [0.4, 0.5) is 5.95 Å². The van der Waals surface area contributed by atoms with E-state index in [9.17, 15) is 0 Å². The van der Waals surface area contributed by atoms with Crippen LogP contribution in [0.2, 0.25) is 0 Å². The standard InChI is InChI=1S/C10H13N5/c1-2-15-13-10(12-14-15)11-8-9-6-4-3-5-7-9/h3-7H,2,8H2,1H3,(H,11,13). The highest BCUT2D eigenvalue weighted by atomic mass is 15.6. The van der Waals surface area contributed by atoms with Crippen LogP contribution in [0.3, 0.4) is 0 Å². The van der Waals surface area contributed by atoms with E-state index < -0.39 is 0 Å². The molecule has 1 N–H and O–H groups in total. The second-order valence-electron chi connectivity index (χ2n) is 3.14. The summed E-state index contributed by atoms with van der Waals surface area (Å²) in [5, 5.41) is 15.0. The second-order valence-corrected chi connectivity index (χ2v) is 3.14. The molecule has 78 valence electrons. The lowest BCUT2D eigenvalue weighted by Crippen LogP contribution is -2.02. The van der Waals surface area contributed by atoms with E-state index in [0.717, 1.165) is 13.1 Å². The number of benzene rings is 1. The Kier molecular flexibility index (Phi) is 2.92. The zero-order valence-electron chi connectivity index (χ0n) is 8.59. The molecule has 0 atom stereocenters. The van der Waals surface area contributed by atoms with E-state index in [2.05, 4.69) is 32.9 Å². The predicted molar refractivity (Wildman–Crippen MR) is 57.3 cm³/mol. The third-order valence-electron chi connectivity index (χ3n) is 2.03. The summed E-state index contributed by atoms with van der Waals surface area (Å²) in [6.07, 6.45) is 0. The molecule has 0 spiro atoms. The minimum atomic E-state index is 0.570. The van der Waals surface area contributed by atoms with Gasteiger partial charge in [0.15, 0.2) is 0 Å². The summed E-state index contributed by atoms with van der Waals surface area (Å²) in [5.74, 6) is 0.570. The smallest absolute Gasteiger partial charge is 0.263 e. The first-order valence-electron chi connectivity index (χ1n) is 4.94. The largest absolute Gasteiger partial charge is 0.348 e. The van der Waals surface area contributed by atoms with Gasteiger partial charge in [-0.25, -0.2) is 0 Å². The molecule has 0 amide bonds. The van der Waals surface area contributed by atoms with Crippen molar-refractivity contribution in [1.82, 2.24) is 20.2 Å². The highest BCUT2D eigenvalue weighted by Crippen LogP contribution is 2.01. The van der Waals surface area contributed by atoms with Crippen LogP contribution < -0.4 is 5.32 Å². The van der Waals surface area contributed by atoms with Gasteiger partial charge in [-0.05, 0) is 17.7 Å². The molecule has 2 aromatic rings. The first-order chi connectivity index (χ1) is 7.38. The Balaban J connectivity index is 1.93. The Morgan fingerprint density at radius 3 is 2.73 bits per heavy atom. The summed E-state index contributed by atoms with van der Waals surface area (Å²) in [6.45, 7) is 3.43. The van der Waals surface area contributed by atoms with Crippen LogP contribution in [0.15, 0.2) is 30.3 Å². The van der Waals surface area contributed by atoms with Crippen molar-refractivity contribution in [2.75, 3.05) is 5.32 Å². The molecule has 0 radical (unpaired) electrons. The number of anilines is 1. The van der Waals surface area contributed by atoms with Crippen molar-refractivity contribution in [1.29, 1.82) is 0 Å². The molecule has 0 aliphatic rings. The van der Waals surface area contributed by atoms with E-state index >= 15 is 0 Å². The molecule has 0 aliphatic carbocycles. The molecule has 5 heteroatoms. The van der Waals surface area contributed by atoms with Gasteiger partial charge in [0.2, 0.25) is 0 Å². The molecule has 2 rings (SSSR count). The lowest BCUT2D eigenvalue weighted by molar-refractivity contribution is 0.552. The van der Waals surface area contributed by atoms with Gasteiger partial charge in [0.25, 0.3) is 5.95 Å². The van der Waals surface area contributed by atoms with Crippen molar-refractivity contribution in [3.05, 3.63) is 35.9 Å². The summed E-state index contributed by atoms with van der Waals surface area (Å²) in [6, 6.07) is 10.1. The molecule has 1 aromatic carbocycles. The number of aryl methyl sites for hydroxylation is 1. The van der Waals surface area contributed by atoms with E-state index in [1.807, 2.05) is 25.1 Å². The number of hydrogen-bond acceptors (Lipinski definition) is 4. The molecule has 0 unspecified atom stereocenters. The summed E-state index contributed by atoms with van der Waals surface area (Å²) in [7, 11) is 0. The number of nitrogens with one attached hydrogen (secondary N) is 1. The molecule has 1 aromatic heterocycles. The number of nitrogens with zero attached hydrogens (tertiary/aromatic N) is 4. The van der Waals surface area contributed by atoms with Crippen LogP contribution >= 0.6 is 0 Å². The topological polar surface area (TPSA) is 55.6 Å². The molecule has 1 heterocycles. The van der Waals surface area contributed by atoms with Gasteiger partial charge in [-0.2, -0.15) is 4.80 Å². The Hall–Kier alpha value is -1.91. The average Bonchev–Trinajstić information content (AvgIpc) is 2.76. The van der Waals surface area contributed by atoms with E-state index in [0.29, 0.717) is 5.95 Å². The molecular formula is C10H13N5. The minimum Gasteiger partial charge on any atom is -0.348 e. The SMILES string of the molecule is CCn1nnc(NCc2ccccc2)n1. The highest BCUT2D eigenvalue weighted by molar-refractivity contribution is 5.24. The van der Waals surface area contributed by atoms with Crippen LogP contribution in [-0.2, 0) is 13.1 Å². The van der Waals surface area contributed by atoms with Gasteiger partial charge in [0, 0.05) is 6.54 Å². The molecule has 0 saturated heterocycles. The fraction of sp³-hybridized carbons (Fsp3) is 0.300. The summed E-state index contributed by atoms with van der Waals surface area (Å²) in [4.78, 5) is 1.55. The number of hydrogen-bond donors (Lipinski definition) is 1. The molecule has 0 saturated carbocycles. The average molecular weight is 203 g/mol. The van der Waals surface area contributed by atoms with Gasteiger partial charge in [-0.3, -0.25) is 0 Å². The summed E-state index contributed by atoms with van der Waals surface area (Å²) in [5.41, 5.74) is 1.20. The monoisotopic (exact) mass is 203 g/mol. The summed E-state index contributed by atoms with van der Waals surface area (Å²) < 4.78 is 0. The van der Waals surface area contributed by atoms with Crippen molar-refractivity contribution < 1.29 is 0 Å². The van der Waals surface area contributed by atoms with Crippen LogP contribution in [0.25, 0.3) is 0 Å². The number of aromatic nitrogens is 4. The van der Waals surface area contributed by atoms with E-state index in [1.54, 1.807) is 4.80 Å². The molecule has 15 heavy (non-hydrogen) atoms. The van der Waals surface area contributed by atoms with Gasteiger partial charge < -0.3 is 5.32 Å². The first-order valence-corrected chi connectivity index (χ1v) is 4.94. The van der Waals surface area contributed by atoms with E-state index in [1.165, 1.54) is 5.56 Å². The van der Waals surface area contributed by atoms with E-state index in [-0.39, 0.29) is 0 Å². The first kappa shape index (κ1) is 9.64. The fourth-order valence-electron chi connectivity index (χ4n) is 1.22. The molecular weight excluding hydrogens is 190 g/mol. The van der Waals surface area contributed by atoms with Crippen LogP contribution in [-0.4, -0.2) is 20.2 Å². The summed E-state index contributed by atoms with van der Waals surface area (Å²) >= 11 is 0. The van der Waals surface area contributed by atoms with Crippen LogP contribution in [0, 0.1) is 0 Å². The Bertz CT molecular complexity index is 409. The lowest BCUT2D eigenvalue weighted by atomic mass is 10.2. The second kappa shape index (κ2) is 4.54.